The van der Waals surface area contributed by atoms with E-state index < -0.39 is 155 Å². The Kier molecular flexibility index (Phi) is 31.5. The first-order chi connectivity index (χ1) is 39.1. The van der Waals surface area contributed by atoms with Gasteiger partial charge in [0.1, 0.15) is 54.4 Å². The number of aliphatic hydroxyl groups excluding tert-OH is 1. The zero-order valence-corrected chi connectivity index (χ0v) is 56.3. The SMILES string of the molecule is CC[C@H]1NC(=O)[C@@H]([C@H](O)[C@H](C)CCN)N(C)C(=O)[C@@H](C(C)C)N(C)C(=O)[C@@H](CC(C)C)N(C)C(=O)[C@@H](CC(C)C)N(C)C(=O)[C@H](C)CC(=O)[C@@H](C)NC(=O)[C@@H](CC(C)C)N(C)C(=O)[C@@H](C(C)C)NC(=O)[C@H](CC(C)C)N(C)C(=O)[C@@H](C)N(C)C1=O. The third kappa shape index (κ3) is 21.0. The van der Waals surface area contributed by atoms with Crippen molar-refractivity contribution in [3.8, 4) is 0 Å². The van der Waals surface area contributed by atoms with E-state index in [1.165, 1.54) is 87.7 Å². The van der Waals surface area contributed by atoms with Gasteiger partial charge in [-0.15, -0.1) is 0 Å². The van der Waals surface area contributed by atoms with E-state index in [4.69, 9.17) is 5.73 Å². The largest absolute Gasteiger partial charge is 0.390 e. The molecule has 1 fully saturated rings. The molecule has 0 aromatic carbocycles. The first-order valence-corrected chi connectivity index (χ1v) is 30.8. The Hall–Kier alpha value is -5.71. The zero-order valence-electron chi connectivity index (χ0n) is 56.3. The van der Waals surface area contributed by atoms with Crippen molar-refractivity contribution >= 4 is 64.9 Å². The Morgan fingerprint density at radius 2 is 0.859 bits per heavy atom. The number of nitrogens with two attached hydrogens (primary N) is 1. The van der Waals surface area contributed by atoms with Crippen LogP contribution in [0.25, 0.3) is 0 Å². The molecule has 13 atom stereocenters. The smallest absolute Gasteiger partial charge is 0.246 e. The van der Waals surface area contributed by atoms with Gasteiger partial charge in [0.05, 0.1) is 12.1 Å². The Morgan fingerprint density at radius 3 is 1.28 bits per heavy atom. The van der Waals surface area contributed by atoms with Crippen molar-refractivity contribution in [2.45, 2.75) is 229 Å². The van der Waals surface area contributed by atoms with Crippen LogP contribution in [0.1, 0.15) is 163 Å². The lowest BCUT2D eigenvalue weighted by Crippen LogP contribution is -2.64. The lowest BCUT2D eigenvalue weighted by Gasteiger charge is -2.41. The number of ketones is 1. The number of carbonyl (C=O) groups excluding carboxylic acids is 11. The van der Waals surface area contributed by atoms with Gasteiger partial charge in [-0.1, -0.05) is 104 Å². The van der Waals surface area contributed by atoms with Gasteiger partial charge in [-0.3, -0.25) is 52.7 Å². The standard InChI is InChI=1S/C62H113N11O12/c1-25-43-58(81)67(18)42(17)57(80)68(19)45(29-34(4)5)54(77)66-49(37(10)11)61(84)69(20)44(28-33(2)3)53(76)64-41(16)48(74)32-40(15)56(79)70(21)46(30-35(6)7)59(82)71(22)47(31-36(8)9)60(83)72(23)50(38(12)13)62(85)73(24)51(55(78)65-43)52(75)39(14)26-27-63/h33-47,49-52,75H,25-32,63H2,1-24H3,(H,64,76)(H,65,78)(H,66,77)/t39-,40-,41-,42-,43-,44-,45+,46-,47-,49-,50-,51-,52-/m1/s1. The molecule has 0 aromatic rings. The van der Waals surface area contributed by atoms with E-state index in [0.29, 0.717) is 0 Å². The van der Waals surface area contributed by atoms with E-state index in [9.17, 15) is 48.3 Å². The van der Waals surface area contributed by atoms with Crippen LogP contribution >= 0.6 is 0 Å². The Balaban J connectivity index is 4.35. The van der Waals surface area contributed by atoms with Gasteiger partial charge in [0.15, 0.2) is 5.78 Å². The Labute approximate surface area is 509 Å². The second-order valence-corrected chi connectivity index (χ2v) is 26.6. The van der Waals surface area contributed by atoms with Gasteiger partial charge in [-0.25, -0.2) is 0 Å². The Bertz CT molecular complexity index is 2290. The monoisotopic (exact) mass is 1200 g/mol. The number of hydrogen-bond acceptors (Lipinski definition) is 13. The second kappa shape index (κ2) is 34.6. The lowest BCUT2D eigenvalue weighted by atomic mass is 9.91. The summed E-state index contributed by atoms with van der Waals surface area (Å²) >= 11 is 0. The van der Waals surface area contributed by atoms with Crippen LogP contribution in [0.15, 0.2) is 0 Å². The maximum absolute atomic E-state index is 15.1. The highest BCUT2D eigenvalue weighted by atomic mass is 16.3. The van der Waals surface area contributed by atoms with Gasteiger partial charge in [0.25, 0.3) is 0 Å². The fourth-order valence-corrected chi connectivity index (χ4v) is 11.1. The van der Waals surface area contributed by atoms with Gasteiger partial charge in [0, 0.05) is 61.7 Å². The van der Waals surface area contributed by atoms with E-state index in [1.54, 1.807) is 48.5 Å². The number of aliphatic hydroxyl groups is 1. The molecule has 0 bridgehead atoms. The molecule has 1 aliphatic heterocycles. The van der Waals surface area contributed by atoms with Gasteiger partial charge >= 0.3 is 0 Å². The molecule has 0 aliphatic carbocycles. The summed E-state index contributed by atoms with van der Waals surface area (Å²) in [5, 5.41) is 20.4. The van der Waals surface area contributed by atoms with Crippen molar-refractivity contribution in [3.63, 3.8) is 0 Å². The van der Waals surface area contributed by atoms with E-state index in [1.807, 2.05) is 55.4 Å². The summed E-state index contributed by atoms with van der Waals surface area (Å²) in [7, 11) is 9.98. The van der Waals surface area contributed by atoms with Crippen LogP contribution in [0.4, 0.5) is 0 Å². The lowest BCUT2D eigenvalue weighted by molar-refractivity contribution is -0.157. The molecule has 0 unspecified atom stereocenters. The van der Waals surface area contributed by atoms with Crippen molar-refractivity contribution in [2.24, 2.45) is 53.1 Å². The van der Waals surface area contributed by atoms with Gasteiger partial charge in [-0.2, -0.15) is 0 Å². The first-order valence-electron chi connectivity index (χ1n) is 30.8. The fraction of sp³-hybridized carbons (Fsp3) is 0.823. The summed E-state index contributed by atoms with van der Waals surface area (Å²) in [5.74, 6) is -10.3. The van der Waals surface area contributed by atoms with Crippen LogP contribution in [0.5, 0.6) is 0 Å². The fourth-order valence-electron chi connectivity index (χ4n) is 11.1. The molecule has 488 valence electrons. The van der Waals surface area contributed by atoms with Crippen LogP contribution in [0.3, 0.4) is 0 Å². The quantitative estimate of drug-likeness (QED) is 0.158. The molecule has 85 heavy (non-hydrogen) atoms. The number of carbonyl (C=O) groups is 11. The Morgan fingerprint density at radius 1 is 0.459 bits per heavy atom. The summed E-state index contributed by atoms with van der Waals surface area (Å²) in [5.41, 5.74) is 5.93. The number of nitrogens with one attached hydrogen (secondary N) is 3. The molecule has 0 radical (unpaired) electrons. The zero-order chi connectivity index (χ0) is 66.1. The van der Waals surface area contributed by atoms with E-state index in [0.717, 1.165) is 9.80 Å². The number of hydrogen-bond donors (Lipinski definition) is 5. The van der Waals surface area contributed by atoms with E-state index in [2.05, 4.69) is 16.0 Å². The number of amides is 10. The molecule has 1 saturated heterocycles. The third-order valence-electron chi connectivity index (χ3n) is 16.7. The average Bonchev–Trinajstić information content (AvgIpc) is 3.49. The van der Waals surface area contributed by atoms with Gasteiger partial charge in [0.2, 0.25) is 59.1 Å². The van der Waals surface area contributed by atoms with Gasteiger partial charge < -0.3 is 61.1 Å². The molecule has 0 spiro atoms. The van der Waals surface area contributed by atoms with E-state index in [-0.39, 0.29) is 75.2 Å². The van der Waals surface area contributed by atoms with Crippen molar-refractivity contribution in [3.05, 3.63) is 0 Å². The third-order valence-corrected chi connectivity index (χ3v) is 16.7. The summed E-state index contributed by atoms with van der Waals surface area (Å²) in [6.07, 6.45) is -0.942. The normalized spacial score (nSPS) is 27.8. The molecule has 1 aliphatic rings. The van der Waals surface area contributed by atoms with Crippen molar-refractivity contribution in [1.82, 2.24) is 50.2 Å². The van der Waals surface area contributed by atoms with Gasteiger partial charge in [-0.05, 0) is 100 Å². The summed E-state index contributed by atoms with van der Waals surface area (Å²) in [6, 6.07) is -12.2. The molecule has 0 aromatic heterocycles. The van der Waals surface area contributed by atoms with Crippen LogP contribution < -0.4 is 21.7 Å². The predicted molar refractivity (Wildman–Crippen MR) is 328 cm³/mol. The van der Waals surface area contributed by atoms with Crippen molar-refractivity contribution in [2.75, 3.05) is 55.9 Å². The first kappa shape index (κ1) is 77.3. The molecule has 23 nitrogen and oxygen atoms in total. The highest BCUT2D eigenvalue weighted by molar-refractivity contribution is 6.00. The molecule has 0 saturated carbocycles. The second-order valence-electron chi connectivity index (χ2n) is 26.6. The molecule has 1 heterocycles. The molecule has 23 heteroatoms. The minimum Gasteiger partial charge on any atom is -0.390 e. The summed E-state index contributed by atoms with van der Waals surface area (Å²) in [6.45, 7) is 29.9. The average molecular weight is 1200 g/mol. The minimum atomic E-state index is -1.63. The maximum atomic E-state index is 15.1. The van der Waals surface area contributed by atoms with E-state index >= 15 is 9.59 Å². The van der Waals surface area contributed by atoms with Crippen LogP contribution in [-0.2, 0) is 52.7 Å². The molecule has 1 rings (SSSR count). The number of Topliss-reactive ketones (excluding diaryl/α,β-unsaturated/α-hetero) is 1. The summed E-state index contributed by atoms with van der Waals surface area (Å²) in [4.78, 5) is 169. The topological polar surface area (TPSA) is 293 Å². The molecule has 6 N–H and O–H groups in total. The predicted octanol–water partition coefficient (Wildman–Crippen LogP) is 3.13. The number of nitrogens with zero attached hydrogens (tertiary/aromatic N) is 7. The highest BCUT2D eigenvalue weighted by Gasteiger charge is 2.46. The molecular formula is C62H113N11O12. The van der Waals surface area contributed by atoms with Crippen LogP contribution in [-0.4, -0.2) is 227 Å². The molecule has 10 amide bonds. The number of rotatable bonds is 15. The summed E-state index contributed by atoms with van der Waals surface area (Å²) < 4.78 is 0. The molecular weight excluding hydrogens is 1090 g/mol. The minimum absolute atomic E-state index is 0.00904. The maximum Gasteiger partial charge on any atom is 0.246 e. The van der Waals surface area contributed by atoms with Crippen LogP contribution in [0, 0.1) is 47.3 Å². The number of likely N-dealkylation sites (N-methyl/N-ethyl adjacent to an activating group) is 7. The van der Waals surface area contributed by atoms with Crippen LogP contribution in [0.2, 0.25) is 0 Å². The van der Waals surface area contributed by atoms with Crippen molar-refractivity contribution < 1.29 is 57.8 Å². The highest BCUT2D eigenvalue weighted by Crippen LogP contribution is 2.26. The van der Waals surface area contributed by atoms with Crippen molar-refractivity contribution in [1.29, 1.82) is 0 Å².